The summed E-state index contributed by atoms with van der Waals surface area (Å²) in [5, 5.41) is 0. The Morgan fingerprint density at radius 1 is 1.30 bits per heavy atom. The van der Waals surface area contributed by atoms with Crippen LogP contribution >= 0.6 is 0 Å². The molecule has 0 atom stereocenters. The molecule has 0 heterocycles. The number of carbonyl (C=O) groups excluding carboxylic acids is 1. The maximum absolute atomic E-state index is 10.4. The van der Waals surface area contributed by atoms with Crippen molar-refractivity contribution in [3.05, 3.63) is 24.3 Å². The highest BCUT2D eigenvalue weighted by Crippen LogP contribution is 1.88. The fraction of sp³-hybridized carbons (Fsp3) is 0.444. The Morgan fingerprint density at radius 2 is 2.00 bits per heavy atom. The third-order valence-corrected chi connectivity index (χ3v) is 1.03. The zero-order valence-corrected chi connectivity index (χ0v) is 6.63. The smallest absolute Gasteiger partial charge is 0.152 e. The van der Waals surface area contributed by atoms with Crippen molar-refractivity contribution in [2.75, 3.05) is 0 Å². The average molecular weight is 138 g/mol. The van der Waals surface area contributed by atoms with Crippen molar-refractivity contribution in [3.8, 4) is 0 Å². The first kappa shape index (κ1) is 9.15. The number of ketones is 1. The van der Waals surface area contributed by atoms with Crippen molar-refractivity contribution < 1.29 is 4.79 Å². The maximum atomic E-state index is 10.4. The summed E-state index contributed by atoms with van der Waals surface area (Å²) in [6.45, 7) is 3.64. The van der Waals surface area contributed by atoms with Gasteiger partial charge in [-0.15, -0.1) is 0 Å². The fourth-order valence-electron chi connectivity index (χ4n) is 0.575. The molecule has 0 amide bonds. The molecule has 0 aromatic rings. The first-order valence-electron chi connectivity index (χ1n) is 3.59. The average Bonchev–Trinajstić information content (AvgIpc) is 1.87. The first-order chi connectivity index (χ1) is 4.77. The predicted octanol–water partition coefficient (Wildman–Crippen LogP) is 2.49. The van der Waals surface area contributed by atoms with Crippen LogP contribution in [0.3, 0.4) is 0 Å². The SMILES string of the molecule is CC/C=C/C/C=C\C(C)=O. The molecular weight excluding hydrogens is 124 g/mol. The lowest BCUT2D eigenvalue weighted by atomic mass is 10.3. The third-order valence-electron chi connectivity index (χ3n) is 1.03. The standard InChI is InChI=1S/C9H14O/c1-3-4-5-6-7-8-9(2)10/h4-5,7-8H,3,6H2,1-2H3/b5-4+,8-7-. The van der Waals surface area contributed by atoms with Crippen molar-refractivity contribution in [3.63, 3.8) is 0 Å². The Kier molecular flexibility index (Phi) is 5.74. The van der Waals surface area contributed by atoms with E-state index in [4.69, 9.17) is 0 Å². The minimum absolute atomic E-state index is 0.116. The van der Waals surface area contributed by atoms with Crippen LogP contribution in [0.15, 0.2) is 24.3 Å². The molecule has 0 aliphatic carbocycles. The molecule has 0 aliphatic heterocycles. The van der Waals surface area contributed by atoms with E-state index in [-0.39, 0.29) is 5.78 Å². The van der Waals surface area contributed by atoms with Crippen LogP contribution in [-0.4, -0.2) is 5.78 Å². The van der Waals surface area contributed by atoms with E-state index < -0.39 is 0 Å². The molecule has 1 heteroatoms. The molecule has 1 nitrogen and oxygen atoms in total. The monoisotopic (exact) mass is 138 g/mol. The first-order valence-corrected chi connectivity index (χ1v) is 3.59. The molecule has 0 saturated heterocycles. The summed E-state index contributed by atoms with van der Waals surface area (Å²) in [5.41, 5.74) is 0. The predicted molar refractivity (Wildman–Crippen MR) is 43.9 cm³/mol. The van der Waals surface area contributed by atoms with E-state index in [9.17, 15) is 4.79 Å². The van der Waals surface area contributed by atoms with Crippen molar-refractivity contribution >= 4 is 5.78 Å². The lowest BCUT2D eigenvalue weighted by Gasteiger charge is -1.80. The van der Waals surface area contributed by atoms with Crippen molar-refractivity contribution in [2.45, 2.75) is 26.7 Å². The molecule has 0 N–H and O–H groups in total. The fourth-order valence-corrected chi connectivity index (χ4v) is 0.575. The third kappa shape index (κ3) is 7.15. The van der Waals surface area contributed by atoms with Crippen molar-refractivity contribution in [1.29, 1.82) is 0 Å². The Hall–Kier alpha value is -0.850. The van der Waals surface area contributed by atoms with Gasteiger partial charge in [-0.2, -0.15) is 0 Å². The molecule has 0 aromatic carbocycles. The number of hydrogen-bond acceptors (Lipinski definition) is 1. The van der Waals surface area contributed by atoms with Gasteiger partial charge >= 0.3 is 0 Å². The summed E-state index contributed by atoms with van der Waals surface area (Å²) in [6, 6.07) is 0. The number of rotatable bonds is 4. The van der Waals surface area contributed by atoms with E-state index >= 15 is 0 Å². The van der Waals surface area contributed by atoms with Gasteiger partial charge in [0.1, 0.15) is 0 Å². The second-order valence-corrected chi connectivity index (χ2v) is 2.13. The molecule has 10 heavy (non-hydrogen) atoms. The minimum Gasteiger partial charge on any atom is -0.295 e. The highest BCUT2D eigenvalue weighted by Gasteiger charge is 1.77. The molecule has 0 rings (SSSR count). The maximum Gasteiger partial charge on any atom is 0.152 e. The van der Waals surface area contributed by atoms with Crippen molar-refractivity contribution in [2.24, 2.45) is 0 Å². The van der Waals surface area contributed by atoms with E-state index in [1.165, 1.54) is 0 Å². The molecule has 0 spiro atoms. The summed E-state index contributed by atoms with van der Waals surface area (Å²) >= 11 is 0. The van der Waals surface area contributed by atoms with Gasteiger partial charge in [0, 0.05) is 0 Å². The molecule has 0 unspecified atom stereocenters. The van der Waals surface area contributed by atoms with Crippen LogP contribution in [0.5, 0.6) is 0 Å². The van der Waals surface area contributed by atoms with E-state index in [1.807, 2.05) is 6.08 Å². The van der Waals surface area contributed by atoms with Gasteiger partial charge in [0.05, 0.1) is 0 Å². The topological polar surface area (TPSA) is 17.1 Å². The number of carbonyl (C=O) groups is 1. The van der Waals surface area contributed by atoms with E-state index in [2.05, 4.69) is 19.1 Å². The largest absolute Gasteiger partial charge is 0.295 e. The zero-order chi connectivity index (χ0) is 7.82. The summed E-state index contributed by atoms with van der Waals surface area (Å²) in [7, 11) is 0. The summed E-state index contributed by atoms with van der Waals surface area (Å²) in [4.78, 5) is 10.4. The lowest BCUT2D eigenvalue weighted by molar-refractivity contribution is -0.112. The molecule has 0 saturated carbocycles. The highest BCUT2D eigenvalue weighted by atomic mass is 16.1. The van der Waals surface area contributed by atoms with Gasteiger partial charge in [-0.05, 0) is 25.8 Å². The molecule has 0 aliphatic rings. The molecule has 0 aromatic heterocycles. The van der Waals surface area contributed by atoms with Gasteiger partial charge in [-0.1, -0.05) is 25.2 Å². The van der Waals surface area contributed by atoms with Gasteiger partial charge in [0.2, 0.25) is 0 Å². The van der Waals surface area contributed by atoms with Gasteiger partial charge in [0.15, 0.2) is 5.78 Å². The molecule has 56 valence electrons. The summed E-state index contributed by atoms with van der Waals surface area (Å²) < 4.78 is 0. The van der Waals surface area contributed by atoms with Crippen LogP contribution in [0.25, 0.3) is 0 Å². The van der Waals surface area contributed by atoms with Crippen LogP contribution in [0, 0.1) is 0 Å². The summed E-state index contributed by atoms with van der Waals surface area (Å²) in [6.07, 6.45) is 9.54. The number of hydrogen-bond donors (Lipinski definition) is 0. The normalized spacial score (nSPS) is 11.4. The van der Waals surface area contributed by atoms with Crippen molar-refractivity contribution in [1.82, 2.24) is 0 Å². The molecule has 0 radical (unpaired) electrons. The molecule has 0 bridgehead atoms. The highest BCUT2D eigenvalue weighted by molar-refractivity contribution is 5.87. The Morgan fingerprint density at radius 3 is 2.50 bits per heavy atom. The van der Waals surface area contributed by atoms with E-state index in [1.54, 1.807) is 13.0 Å². The van der Waals surface area contributed by atoms with Crippen LogP contribution in [-0.2, 0) is 4.79 Å². The lowest BCUT2D eigenvalue weighted by Crippen LogP contribution is -1.78. The van der Waals surface area contributed by atoms with Crippen LogP contribution < -0.4 is 0 Å². The van der Waals surface area contributed by atoms with Gasteiger partial charge < -0.3 is 0 Å². The van der Waals surface area contributed by atoms with E-state index in [0.717, 1.165) is 12.8 Å². The summed E-state index contributed by atoms with van der Waals surface area (Å²) in [5.74, 6) is 0.116. The van der Waals surface area contributed by atoms with Crippen LogP contribution in [0.4, 0.5) is 0 Å². The minimum atomic E-state index is 0.116. The second kappa shape index (κ2) is 6.27. The second-order valence-electron chi connectivity index (χ2n) is 2.13. The van der Waals surface area contributed by atoms with Crippen LogP contribution in [0.2, 0.25) is 0 Å². The molecule has 0 fully saturated rings. The Labute approximate surface area is 62.4 Å². The number of allylic oxidation sites excluding steroid dienone is 4. The van der Waals surface area contributed by atoms with Gasteiger partial charge in [-0.25, -0.2) is 0 Å². The van der Waals surface area contributed by atoms with Gasteiger partial charge in [0.25, 0.3) is 0 Å². The Balaban J connectivity index is 3.35. The van der Waals surface area contributed by atoms with Crippen LogP contribution in [0.1, 0.15) is 26.7 Å². The zero-order valence-electron chi connectivity index (χ0n) is 6.63. The quantitative estimate of drug-likeness (QED) is 0.431. The molecular formula is C9H14O. The Bertz CT molecular complexity index is 143. The van der Waals surface area contributed by atoms with Gasteiger partial charge in [-0.3, -0.25) is 4.79 Å². The van der Waals surface area contributed by atoms with E-state index in [0.29, 0.717) is 0 Å².